The molecule has 0 unspecified atom stereocenters. The minimum absolute atomic E-state index is 0.204. The fourth-order valence-corrected chi connectivity index (χ4v) is 3.90. The summed E-state index contributed by atoms with van der Waals surface area (Å²) in [5.74, 6) is -0.291. The molecule has 0 atom stereocenters. The van der Waals surface area contributed by atoms with E-state index < -0.39 is 0 Å². The molecule has 0 saturated heterocycles. The fraction of sp³-hybridized carbons (Fsp3) is 0.263. The lowest BCUT2D eigenvalue weighted by Gasteiger charge is -2.19. The highest BCUT2D eigenvalue weighted by molar-refractivity contribution is 6.30. The van der Waals surface area contributed by atoms with E-state index in [-0.39, 0.29) is 10.8 Å². The molecule has 0 aromatic heterocycles. The van der Waals surface area contributed by atoms with Crippen molar-refractivity contribution in [3.05, 3.63) is 67.1 Å². The summed E-state index contributed by atoms with van der Waals surface area (Å²) in [5, 5.41) is 4.43. The first-order valence-electron chi connectivity index (χ1n) is 7.46. The normalized spacial score (nSPS) is 15.9. The zero-order chi connectivity index (χ0) is 14.6. The molecule has 0 fully saturated rings. The van der Waals surface area contributed by atoms with Crippen molar-refractivity contribution in [1.29, 1.82) is 0 Å². The SMILES string of the molecule is CC1=c2ccc3c(c2CCC1)CC=c1c(F)c(Cl)ccc1=3. The molecule has 0 aliphatic heterocycles. The van der Waals surface area contributed by atoms with Crippen molar-refractivity contribution in [2.75, 3.05) is 0 Å². The van der Waals surface area contributed by atoms with Gasteiger partial charge in [-0.2, -0.15) is 0 Å². The number of benzene rings is 2. The molecule has 21 heavy (non-hydrogen) atoms. The van der Waals surface area contributed by atoms with Crippen LogP contribution in [-0.2, 0) is 12.8 Å². The molecule has 0 saturated carbocycles. The van der Waals surface area contributed by atoms with Gasteiger partial charge in [0.1, 0.15) is 5.82 Å². The van der Waals surface area contributed by atoms with Crippen LogP contribution in [0.1, 0.15) is 30.9 Å². The third kappa shape index (κ3) is 1.87. The van der Waals surface area contributed by atoms with Gasteiger partial charge in [0.15, 0.2) is 0 Å². The van der Waals surface area contributed by atoms with Crippen LogP contribution in [0.3, 0.4) is 0 Å². The Kier molecular flexibility index (Phi) is 2.93. The average molecular weight is 299 g/mol. The van der Waals surface area contributed by atoms with Gasteiger partial charge in [-0.3, -0.25) is 0 Å². The van der Waals surface area contributed by atoms with E-state index in [0.717, 1.165) is 18.1 Å². The molecule has 2 heteroatoms. The highest BCUT2D eigenvalue weighted by Crippen LogP contribution is 2.21. The predicted octanol–water partition coefficient (Wildman–Crippen LogP) is 3.61. The maximum absolute atomic E-state index is 14.2. The van der Waals surface area contributed by atoms with Crippen LogP contribution in [0.25, 0.3) is 11.6 Å². The van der Waals surface area contributed by atoms with Crippen LogP contribution in [0.2, 0.25) is 5.02 Å². The van der Waals surface area contributed by atoms with E-state index in [4.69, 9.17) is 11.6 Å². The molecule has 0 amide bonds. The summed E-state index contributed by atoms with van der Waals surface area (Å²) in [6.45, 7) is 2.23. The van der Waals surface area contributed by atoms with Crippen molar-refractivity contribution in [1.82, 2.24) is 0 Å². The molecular weight excluding hydrogens is 283 g/mol. The quantitative estimate of drug-likeness (QED) is 0.697. The molecule has 0 N–H and O–H groups in total. The summed E-state index contributed by atoms with van der Waals surface area (Å²) in [6.07, 6.45) is 6.34. The van der Waals surface area contributed by atoms with Crippen molar-refractivity contribution in [2.24, 2.45) is 0 Å². The largest absolute Gasteiger partial charge is 0.205 e. The fourth-order valence-electron chi connectivity index (χ4n) is 3.73. The maximum Gasteiger partial charge on any atom is 0.149 e. The Morgan fingerprint density at radius 2 is 1.71 bits per heavy atom. The van der Waals surface area contributed by atoms with Crippen molar-refractivity contribution in [2.45, 2.75) is 32.6 Å². The number of fused-ring (bicyclic) bond motifs is 4. The predicted molar refractivity (Wildman–Crippen MR) is 85.0 cm³/mol. The lowest BCUT2D eigenvalue weighted by atomic mass is 9.86. The average Bonchev–Trinajstić information content (AvgIpc) is 2.50. The van der Waals surface area contributed by atoms with E-state index in [1.165, 1.54) is 40.0 Å². The van der Waals surface area contributed by atoms with Gasteiger partial charge in [-0.05, 0) is 65.5 Å². The van der Waals surface area contributed by atoms with E-state index in [2.05, 4.69) is 19.1 Å². The number of hydrogen-bond donors (Lipinski definition) is 0. The summed E-state index contributed by atoms with van der Waals surface area (Å²) in [5.41, 5.74) is 4.32. The molecule has 0 radical (unpaired) electrons. The molecule has 0 spiro atoms. The van der Waals surface area contributed by atoms with E-state index in [1.54, 1.807) is 6.07 Å². The molecule has 4 rings (SSSR count). The first-order valence-corrected chi connectivity index (χ1v) is 7.83. The van der Waals surface area contributed by atoms with E-state index >= 15 is 0 Å². The van der Waals surface area contributed by atoms with Crippen molar-refractivity contribution in [3.63, 3.8) is 0 Å². The van der Waals surface area contributed by atoms with E-state index in [1.807, 2.05) is 12.1 Å². The zero-order valence-corrected chi connectivity index (χ0v) is 12.7. The Labute approximate surface area is 127 Å². The van der Waals surface area contributed by atoms with Gasteiger partial charge < -0.3 is 0 Å². The highest BCUT2D eigenvalue weighted by atomic mass is 35.5. The van der Waals surface area contributed by atoms with Gasteiger partial charge in [0, 0.05) is 5.22 Å². The Balaban J connectivity index is 2.23. The van der Waals surface area contributed by atoms with Crippen LogP contribution in [0, 0.1) is 16.3 Å². The van der Waals surface area contributed by atoms with Crippen molar-refractivity contribution < 1.29 is 4.39 Å². The van der Waals surface area contributed by atoms with Crippen LogP contribution >= 0.6 is 11.6 Å². The van der Waals surface area contributed by atoms with Gasteiger partial charge in [-0.25, -0.2) is 4.39 Å². The molecular formula is C19H16ClF. The van der Waals surface area contributed by atoms with E-state index in [0.29, 0.717) is 5.22 Å². The van der Waals surface area contributed by atoms with Gasteiger partial charge >= 0.3 is 0 Å². The third-order valence-corrected chi connectivity index (χ3v) is 5.09. The van der Waals surface area contributed by atoms with Gasteiger partial charge in [-0.1, -0.05) is 41.4 Å². The maximum atomic E-state index is 14.2. The van der Waals surface area contributed by atoms with Crippen LogP contribution in [0.4, 0.5) is 4.39 Å². The number of hydrogen-bond acceptors (Lipinski definition) is 0. The number of rotatable bonds is 0. The molecule has 106 valence electrons. The second-order valence-electron chi connectivity index (χ2n) is 5.98. The first kappa shape index (κ1) is 13.1. The Bertz CT molecular complexity index is 970. The monoisotopic (exact) mass is 298 g/mol. The second-order valence-corrected chi connectivity index (χ2v) is 6.39. The standard InChI is InChI=1S/C19H16ClF/c1-11-3-2-4-13-12(11)5-6-15-14(13)7-8-17-16(15)9-10-18(20)19(17)21/h5-6,8-10H,2-4,7H2,1H3. The minimum Gasteiger partial charge on any atom is -0.205 e. The molecule has 2 aromatic rings. The highest BCUT2D eigenvalue weighted by Gasteiger charge is 2.15. The molecule has 2 aliphatic rings. The van der Waals surface area contributed by atoms with Crippen LogP contribution in [0.15, 0.2) is 24.3 Å². The van der Waals surface area contributed by atoms with E-state index in [9.17, 15) is 4.39 Å². The molecule has 0 bridgehead atoms. The molecule has 0 heterocycles. The number of halogens is 2. The zero-order valence-electron chi connectivity index (χ0n) is 12.0. The molecule has 2 aliphatic carbocycles. The van der Waals surface area contributed by atoms with Gasteiger partial charge in [0.05, 0.1) is 5.02 Å². The third-order valence-electron chi connectivity index (χ3n) is 4.80. The summed E-state index contributed by atoms with van der Waals surface area (Å²) < 4.78 is 14.2. The van der Waals surface area contributed by atoms with Crippen LogP contribution in [0.5, 0.6) is 0 Å². The van der Waals surface area contributed by atoms with Crippen LogP contribution < -0.4 is 10.4 Å². The summed E-state index contributed by atoms with van der Waals surface area (Å²) >= 11 is 5.91. The van der Waals surface area contributed by atoms with Gasteiger partial charge in [0.25, 0.3) is 0 Å². The van der Waals surface area contributed by atoms with Crippen molar-refractivity contribution >= 4 is 23.3 Å². The Hall–Kier alpha value is -1.60. The van der Waals surface area contributed by atoms with Crippen molar-refractivity contribution in [3.8, 4) is 0 Å². The first-order chi connectivity index (χ1) is 10.2. The second kappa shape index (κ2) is 4.71. The minimum atomic E-state index is -0.291. The Morgan fingerprint density at radius 1 is 0.952 bits per heavy atom. The summed E-state index contributed by atoms with van der Waals surface area (Å²) in [6, 6.07) is 7.98. The van der Waals surface area contributed by atoms with Gasteiger partial charge in [0.2, 0.25) is 0 Å². The topological polar surface area (TPSA) is 0 Å². The van der Waals surface area contributed by atoms with Gasteiger partial charge in [-0.15, -0.1) is 0 Å². The Morgan fingerprint density at radius 3 is 2.57 bits per heavy atom. The lowest BCUT2D eigenvalue weighted by molar-refractivity contribution is 0.617. The van der Waals surface area contributed by atoms with Crippen LogP contribution in [-0.4, -0.2) is 0 Å². The molecule has 2 aromatic carbocycles. The summed E-state index contributed by atoms with van der Waals surface area (Å²) in [4.78, 5) is 0. The summed E-state index contributed by atoms with van der Waals surface area (Å²) in [7, 11) is 0. The lowest BCUT2D eigenvalue weighted by Crippen LogP contribution is -2.22. The molecule has 0 nitrogen and oxygen atoms in total. The smallest absolute Gasteiger partial charge is 0.149 e.